The molecule has 8 heteroatoms. The first-order chi connectivity index (χ1) is 13.1. The molecule has 0 spiro atoms. The van der Waals surface area contributed by atoms with Crippen LogP contribution in [0.3, 0.4) is 0 Å². The minimum absolute atomic E-state index is 0.122. The third kappa shape index (κ3) is 4.85. The summed E-state index contributed by atoms with van der Waals surface area (Å²) >= 11 is 1.31. The second kappa shape index (κ2) is 8.68. The minimum atomic E-state index is -0.369. The van der Waals surface area contributed by atoms with Crippen molar-refractivity contribution in [2.24, 2.45) is 0 Å². The first-order valence-electron chi connectivity index (χ1n) is 8.62. The molecule has 7 nitrogen and oxygen atoms in total. The van der Waals surface area contributed by atoms with Crippen LogP contribution in [-0.2, 0) is 4.79 Å². The molecule has 140 valence electrons. The van der Waals surface area contributed by atoms with Crippen LogP contribution in [0.1, 0.15) is 19.4 Å². The van der Waals surface area contributed by atoms with Crippen molar-refractivity contribution in [3.05, 3.63) is 54.1 Å². The van der Waals surface area contributed by atoms with E-state index < -0.39 is 0 Å². The smallest absolute Gasteiger partial charge is 0.237 e. The van der Waals surface area contributed by atoms with Gasteiger partial charge in [0.05, 0.1) is 17.5 Å². The summed E-state index contributed by atoms with van der Waals surface area (Å²) in [6, 6.07) is 15.2. The average Bonchev–Trinajstić information content (AvgIpc) is 3.11. The monoisotopic (exact) mass is 383 g/mol. The Labute approximate surface area is 162 Å². The number of nitrogens with one attached hydrogen (secondary N) is 1. The van der Waals surface area contributed by atoms with Crippen LogP contribution in [0, 0.1) is 6.92 Å². The predicted molar refractivity (Wildman–Crippen MR) is 105 cm³/mol. The molecular weight excluding hydrogens is 362 g/mol. The van der Waals surface area contributed by atoms with Crippen LogP contribution in [0.2, 0.25) is 0 Å². The Morgan fingerprint density at radius 1 is 1.26 bits per heavy atom. The molecule has 1 heterocycles. The number of tetrazole rings is 1. The fourth-order valence-corrected chi connectivity index (χ4v) is 3.24. The zero-order valence-electron chi connectivity index (χ0n) is 15.4. The molecule has 0 aliphatic heterocycles. The average molecular weight is 383 g/mol. The first kappa shape index (κ1) is 18.9. The van der Waals surface area contributed by atoms with Gasteiger partial charge in [-0.2, -0.15) is 4.68 Å². The first-order valence-corrected chi connectivity index (χ1v) is 9.50. The van der Waals surface area contributed by atoms with Gasteiger partial charge in [-0.25, -0.2) is 0 Å². The number of aryl methyl sites for hydroxylation is 1. The zero-order valence-corrected chi connectivity index (χ0v) is 16.2. The summed E-state index contributed by atoms with van der Waals surface area (Å²) in [7, 11) is 0. The van der Waals surface area contributed by atoms with Gasteiger partial charge in [0.1, 0.15) is 5.75 Å². The van der Waals surface area contributed by atoms with E-state index in [1.54, 1.807) is 4.68 Å². The summed E-state index contributed by atoms with van der Waals surface area (Å²) in [5, 5.41) is 14.9. The molecular formula is C19H21N5O2S. The number of hydrogen-bond acceptors (Lipinski definition) is 6. The quantitative estimate of drug-likeness (QED) is 0.629. The minimum Gasteiger partial charge on any atom is -0.494 e. The maximum atomic E-state index is 12.5. The summed E-state index contributed by atoms with van der Waals surface area (Å²) in [5.74, 6) is 0.651. The van der Waals surface area contributed by atoms with Crippen LogP contribution in [0.25, 0.3) is 5.69 Å². The lowest BCUT2D eigenvalue weighted by atomic mass is 10.2. The largest absolute Gasteiger partial charge is 0.494 e. The Balaban J connectivity index is 1.66. The standard InChI is InChI=1S/C19H21N5O2S/c1-4-26-17-10-8-15(9-11-17)20-18(25)14(3)27-19-21-22-23-24(19)16-7-5-6-13(2)12-16/h5-12,14H,4H2,1-3H3,(H,20,25). The van der Waals surface area contributed by atoms with Crippen molar-refractivity contribution in [1.29, 1.82) is 0 Å². The molecule has 0 aliphatic rings. The van der Waals surface area contributed by atoms with Crippen LogP contribution in [-0.4, -0.2) is 38.0 Å². The van der Waals surface area contributed by atoms with E-state index in [0.717, 1.165) is 17.0 Å². The zero-order chi connectivity index (χ0) is 19.2. The highest BCUT2D eigenvalue weighted by Crippen LogP contribution is 2.24. The van der Waals surface area contributed by atoms with E-state index in [9.17, 15) is 4.79 Å². The number of thioether (sulfide) groups is 1. The van der Waals surface area contributed by atoms with Gasteiger partial charge < -0.3 is 10.1 Å². The number of carbonyl (C=O) groups is 1. The molecule has 0 aliphatic carbocycles. The van der Waals surface area contributed by atoms with Crippen LogP contribution in [0.4, 0.5) is 5.69 Å². The molecule has 1 aromatic heterocycles. The number of aromatic nitrogens is 4. The normalized spacial score (nSPS) is 11.8. The maximum Gasteiger partial charge on any atom is 0.237 e. The van der Waals surface area contributed by atoms with Crippen LogP contribution < -0.4 is 10.1 Å². The maximum absolute atomic E-state index is 12.5. The van der Waals surface area contributed by atoms with Gasteiger partial charge in [0, 0.05) is 5.69 Å². The molecule has 1 amide bonds. The summed E-state index contributed by atoms with van der Waals surface area (Å²) < 4.78 is 7.04. The number of anilines is 1. The molecule has 0 radical (unpaired) electrons. The summed E-state index contributed by atoms with van der Waals surface area (Å²) in [4.78, 5) is 12.5. The Kier molecular flexibility index (Phi) is 6.08. The Morgan fingerprint density at radius 3 is 2.74 bits per heavy atom. The highest BCUT2D eigenvalue weighted by Gasteiger charge is 2.19. The van der Waals surface area contributed by atoms with Crippen LogP contribution in [0.5, 0.6) is 5.75 Å². The molecule has 0 fully saturated rings. The lowest BCUT2D eigenvalue weighted by Gasteiger charge is -2.12. The van der Waals surface area contributed by atoms with Gasteiger partial charge in [-0.1, -0.05) is 23.9 Å². The second-order valence-electron chi connectivity index (χ2n) is 5.92. The van der Waals surface area contributed by atoms with Crippen molar-refractivity contribution < 1.29 is 9.53 Å². The Bertz CT molecular complexity index is 910. The SMILES string of the molecule is CCOc1ccc(NC(=O)C(C)Sc2nnnn2-c2cccc(C)c2)cc1. The lowest BCUT2D eigenvalue weighted by molar-refractivity contribution is -0.115. The van der Waals surface area contributed by atoms with Crippen molar-refractivity contribution in [3.8, 4) is 11.4 Å². The molecule has 0 bridgehead atoms. The number of rotatable bonds is 7. The molecule has 27 heavy (non-hydrogen) atoms. The van der Waals surface area contributed by atoms with Gasteiger partial charge in [0.2, 0.25) is 11.1 Å². The predicted octanol–water partition coefficient (Wildman–Crippen LogP) is 3.49. The fraction of sp³-hybridized carbons (Fsp3) is 0.263. The van der Waals surface area contributed by atoms with E-state index >= 15 is 0 Å². The van der Waals surface area contributed by atoms with Gasteiger partial charge in [0.25, 0.3) is 0 Å². The molecule has 2 aromatic carbocycles. The summed E-state index contributed by atoms with van der Waals surface area (Å²) in [6.07, 6.45) is 0. The fourth-order valence-electron chi connectivity index (χ4n) is 2.43. The molecule has 1 N–H and O–H groups in total. The summed E-state index contributed by atoms with van der Waals surface area (Å²) in [6.45, 7) is 6.37. The number of ether oxygens (including phenoxy) is 1. The third-order valence-corrected chi connectivity index (χ3v) is 4.80. The second-order valence-corrected chi connectivity index (χ2v) is 7.23. The molecule has 0 saturated heterocycles. The number of nitrogens with zero attached hydrogens (tertiary/aromatic N) is 4. The van der Waals surface area contributed by atoms with E-state index in [1.165, 1.54) is 11.8 Å². The van der Waals surface area contributed by atoms with E-state index in [2.05, 4.69) is 20.8 Å². The molecule has 1 unspecified atom stereocenters. The van der Waals surface area contributed by atoms with E-state index in [1.807, 2.05) is 69.3 Å². The molecule has 1 atom stereocenters. The molecule has 0 saturated carbocycles. The Morgan fingerprint density at radius 2 is 2.04 bits per heavy atom. The van der Waals surface area contributed by atoms with E-state index in [0.29, 0.717) is 17.5 Å². The Hall–Kier alpha value is -2.87. The number of hydrogen-bond donors (Lipinski definition) is 1. The van der Waals surface area contributed by atoms with Crippen LogP contribution in [0.15, 0.2) is 53.7 Å². The van der Waals surface area contributed by atoms with Crippen molar-refractivity contribution in [3.63, 3.8) is 0 Å². The number of carbonyl (C=O) groups excluding carboxylic acids is 1. The third-order valence-electron chi connectivity index (χ3n) is 3.77. The van der Waals surface area contributed by atoms with Gasteiger partial charge >= 0.3 is 0 Å². The van der Waals surface area contributed by atoms with Gasteiger partial charge in [0.15, 0.2) is 0 Å². The molecule has 3 aromatic rings. The topological polar surface area (TPSA) is 81.9 Å². The van der Waals surface area contributed by atoms with Crippen molar-refractivity contribution in [2.75, 3.05) is 11.9 Å². The van der Waals surface area contributed by atoms with Crippen molar-refractivity contribution in [1.82, 2.24) is 20.2 Å². The van der Waals surface area contributed by atoms with Gasteiger partial charge in [-0.15, -0.1) is 5.10 Å². The highest BCUT2D eigenvalue weighted by atomic mass is 32.2. The van der Waals surface area contributed by atoms with E-state index in [-0.39, 0.29) is 11.2 Å². The molecule has 3 rings (SSSR count). The van der Waals surface area contributed by atoms with Gasteiger partial charge in [-0.05, 0) is 73.2 Å². The van der Waals surface area contributed by atoms with E-state index in [4.69, 9.17) is 4.74 Å². The van der Waals surface area contributed by atoms with Gasteiger partial charge in [-0.3, -0.25) is 4.79 Å². The van der Waals surface area contributed by atoms with Crippen molar-refractivity contribution >= 4 is 23.4 Å². The number of amides is 1. The summed E-state index contributed by atoms with van der Waals surface area (Å²) in [5.41, 5.74) is 2.69. The lowest BCUT2D eigenvalue weighted by Crippen LogP contribution is -2.22. The highest BCUT2D eigenvalue weighted by molar-refractivity contribution is 8.00. The van der Waals surface area contributed by atoms with Crippen LogP contribution >= 0.6 is 11.8 Å². The number of benzene rings is 2. The van der Waals surface area contributed by atoms with Crippen molar-refractivity contribution in [2.45, 2.75) is 31.2 Å².